The quantitative estimate of drug-likeness (QED) is 0.926. The minimum atomic E-state index is 0.255. The first-order valence-corrected chi connectivity index (χ1v) is 6.85. The highest BCUT2D eigenvalue weighted by Gasteiger charge is 2.15. The number of nitrogens with one attached hydrogen (secondary N) is 1. The van der Waals surface area contributed by atoms with Crippen LogP contribution in [0.3, 0.4) is 0 Å². The molecule has 3 nitrogen and oxygen atoms in total. The van der Waals surface area contributed by atoms with Crippen molar-refractivity contribution in [3.8, 4) is 0 Å². The molecule has 1 atom stereocenters. The summed E-state index contributed by atoms with van der Waals surface area (Å²) in [7, 11) is 1.98. The van der Waals surface area contributed by atoms with Crippen LogP contribution in [0.5, 0.6) is 0 Å². The van der Waals surface area contributed by atoms with Crippen molar-refractivity contribution in [1.29, 1.82) is 0 Å². The Bertz CT molecular complexity index is 575. The SMILES string of the molecule is Cc1nn(C)c(C)c1C(C)NCc1ccccc1Cl. The maximum atomic E-state index is 6.16. The van der Waals surface area contributed by atoms with Crippen molar-refractivity contribution in [3.63, 3.8) is 0 Å². The van der Waals surface area contributed by atoms with Crippen LogP contribution in [0.4, 0.5) is 0 Å². The Kier molecular flexibility index (Phi) is 4.27. The van der Waals surface area contributed by atoms with Gasteiger partial charge in [-0.25, -0.2) is 0 Å². The second-order valence-electron chi connectivity index (χ2n) is 4.90. The molecule has 0 amide bonds. The zero-order valence-electron chi connectivity index (χ0n) is 11.9. The van der Waals surface area contributed by atoms with Gasteiger partial charge in [0.05, 0.1) is 5.69 Å². The topological polar surface area (TPSA) is 29.9 Å². The third-order valence-electron chi connectivity index (χ3n) is 3.55. The Morgan fingerprint density at radius 3 is 2.58 bits per heavy atom. The fraction of sp³-hybridized carbons (Fsp3) is 0.400. The molecule has 0 radical (unpaired) electrons. The Morgan fingerprint density at radius 2 is 2.00 bits per heavy atom. The van der Waals surface area contributed by atoms with Crippen molar-refractivity contribution < 1.29 is 0 Å². The van der Waals surface area contributed by atoms with E-state index in [4.69, 9.17) is 11.6 Å². The first kappa shape index (κ1) is 14.1. The first-order chi connectivity index (χ1) is 9.00. The van der Waals surface area contributed by atoms with Crippen LogP contribution >= 0.6 is 11.6 Å². The number of hydrogen-bond donors (Lipinski definition) is 1. The highest BCUT2D eigenvalue weighted by Crippen LogP contribution is 2.22. The predicted molar refractivity (Wildman–Crippen MR) is 79.4 cm³/mol. The standard InChI is InChI=1S/C15H20ClN3/c1-10(15-11(2)18-19(4)12(15)3)17-9-13-7-5-6-8-14(13)16/h5-8,10,17H,9H2,1-4H3. The van der Waals surface area contributed by atoms with Gasteiger partial charge in [0.1, 0.15) is 0 Å². The van der Waals surface area contributed by atoms with Crippen molar-refractivity contribution in [1.82, 2.24) is 15.1 Å². The van der Waals surface area contributed by atoms with E-state index in [9.17, 15) is 0 Å². The molecular formula is C15H20ClN3. The zero-order chi connectivity index (χ0) is 14.0. The predicted octanol–water partition coefficient (Wildman–Crippen LogP) is 3.54. The zero-order valence-corrected chi connectivity index (χ0v) is 12.6. The van der Waals surface area contributed by atoms with E-state index in [-0.39, 0.29) is 6.04 Å². The van der Waals surface area contributed by atoms with Crippen LogP contribution in [0, 0.1) is 13.8 Å². The van der Waals surface area contributed by atoms with Gasteiger partial charge in [0.15, 0.2) is 0 Å². The van der Waals surface area contributed by atoms with E-state index in [1.165, 1.54) is 11.3 Å². The maximum absolute atomic E-state index is 6.16. The second kappa shape index (κ2) is 5.76. The van der Waals surface area contributed by atoms with E-state index in [1.54, 1.807) is 0 Å². The summed E-state index contributed by atoms with van der Waals surface area (Å²) in [4.78, 5) is 0. The lowest BCUT2D eigenvalue weighted by atomic mass is 10.1. The molecule has 2 aromatic rings. The molecule has 0 aliphatic rings. The van der Waals surface area contributed by atoms with Gasteiger partial charge in [-0.05, 0) is 32.4 Å². The van der Waals surface area contributed by atoms with Crippen LogP contribution in [0.1, 0.15) is 35.5 Å². The Labute approximate surface area is 119 Å². The Hall–Kier alpha value is -1.32. The van der Waals surface area contributed by atoms with E-state index < -0.39 is 0 Å². The average molecular weight is 278 g/mol. The minimum absolute atomic E-state index is 0.255. The van der Waals surface area contributed by atoms with Crippen molar-refractivity contribution in [2.24, 2.45) is 7.05 Å². The summed E-state index contributed by atoms with van der Waals surface area (Å²) in [5, 5.41) is 8.78. The van der Waals surface area contributed by atoms with E-state index in [0.717, 1.165) is 22.8 Å². The maximum Gasteiger partial charge on any atom is 0.0644 e. The van der Waals surface area contributed by atoms with Gasteiger partial charge in [-0.1, -0.05) is 29.8 Å². The molecule has 0 saturated carbocycles. The summed E-state index contributed by atoms with van der Waals surface area (Å²) in [6.07, 6.45) is 0. The van der Waals surface area contributed by atoms with Crippen molar-refractivity contribution in [2.75, 3.05) is 0 Å². The molecule has 0 bridgehead atoms. The highest BCUT2D eigenvalue weighted by molar-refractivity contribution is 6.31. The molecule has 0 spiro atoms. The molecule has 19 heavy (non-hydrogen) atoms. The van der Waals surface area contributed by atoms with Gasteiger partial charge in [0.2, 0.25) is 0 Å². The number of rotatable bonds is 4. The van der Waals surface area contributed by atoms with E-state index in [1.807, 2.05) is 36.0 Å². The number of hydrogen-bond acceptors (Lipinski definition) is 2. The molecule has 1 heterocycles. The second-order valence-corrected chi connectivity index (χ2v) is 5.31. The van der Waals surface area contributed by atoms with Gasteiger partial charge < -0.3 is 5.32 Å². The average Bonchev–Trinajstić information content (AvgIpc) is 2.62. The number of benzene rings is 1. The fourth-order valence-electron chi connectivity index (χ4n) is 2.42. The van der Waals surface area contributed by atoms with Gasteiger partial charge in [-0.15, -0.1) is 0 Å². The van der Waals surface area contributed by atoms with Gasteiger partial charge in [-0.2, -0.15) is 5.10 Å². The van der Waals surface area contributed by atoms with Crippen LogP contribution in [-0.4, -0.2) is 9.78 Å². The monoisotopic (exact) mass is 277 g/mol. The first-order valence-electron chi connectivity index (χ1n) is 6.47. The summed E-state index contributed by atoms with van der Waals surface area (Å²) >= 11 is 6.16. The summed E-state index contributed by atoms with van der Waals surface area (Å²) in [6, 6.07) is 8.18. The molecule has 0 fully saturated rings. The minimum Gasteiger partial charge on any atom is -0.306 e. The molecule has 0 aliphatic heterocycles. The van der Waals surface area contributed by atoms with Crippen LogP contribution < -0.4 is 5.32 Å². The normalized spacial score (nSPS) is 12.7. The highest BCUT2D eigenvalue weighted by atomic mass is 35.5. The lowest BCUT2D eigenvalue weighted by Crippen LogP contribution is -2.19. The van der Waals surface area contributed by atoms with Crippen LogP contribution in [0.25, 0.3) is 0 Å². The molecule has 1 unspecified atom stereocenters. The molecule has 4 heteroatoms. The van der Waals surface area contributed by atoms with Crippen molar-refractivity contribution in [3.05, 3.63) is 51.8 Å². The van der Waals surface area contributed by atoms with E-state index >= 15 is 0 Å². The molecule has 0 aliphatic carbocycles. The van der Waals surface area contributed by atoms with Crippen LogP contribution in [0.15, 0.2) is 24.3 Å². The third kappa shape index (κ3) is 2.99. The number of halogens is 1. The lowest BCUT2D eigenvalue weighted by molar-refractivity contribution is 0.568. The van der Waals surface area contributed by atoms with E-state index in [0.29, 0.717) is 0 Å². The number of aromatic nitrogens is 2. The van der Waals surface area contributed by atoms with Gasteiger partial charge in [-0.3, -0.25) is 4.68 Å². The van der Waals surface area contributed by atoms with Crippen molar-refractivity contribution >= 4 is 11.6 Å². The Morgan fingerprint density at radius 1 is 1.32 bits per heavy atom. The largest absolute Gasteiger partial charge is 0.306 e. The number of aryl methyl sites for hydroxylation is 2. The van der Waals surface area contributed by atoms with Gasteiger partial charge in [0.25, 0.3) is 0 Å². The van der Waals surface area contributed by atoms with Crippen molar-refractivity contribution in [2.45, 2.75) is 33.4 Å². The third-order valence-corrected chi connectivity index (χ3v) is 3.92. The number of nitrogens with zero attached hydrogens (tertiary/aromatic N) is 2. The molecule has 0 saturated heterocycles. The molecule has 1 aromatic carbocycles. The molecule has 1 N–H and O–H groups in total. The summed E-state index contributed by atoms with van der Waals surface area (Å²) in [6.45, 7) is 7.07. The smallest absolute Gasteiger partial charge is 0.0644 e. The van der Waals surface area contributed by atoms with E-state index in [2.05, 4.69) is 31.2 Å². The summed E-state index contributed by atoms with van der Waals surface area (Å²) in [5.41, 5.74) is 4.68. The fourth-order valence-corrected chi connectivity index (χ4v) is 2.63. The molecular weight excluding hydrogens is 258 g/mol. The molecule has 102 valence electrons. The molecule has 2 rings (SSSR count). The summed E-state index contributed by atoms with van der Waals surface area (Å²) in [5.74, 6) is 0. The van der Waals surface area contributed by atoms with Crippen LogP contribution in [0.2, 0.25) is 5.02 Å². The summed E-state index contributed by atoms with van der Waals surface area (Å²) < 4.78 is 1.93. The molecule has 1 aromatic heterocycles. The van der Waals surface area contributed by atoms with Gasteiger partial charge in [0, 0.05) is 35.9 Å². The Balaban J connectivity index is 2.10. The van der Waals surface area contributed by atoms with Gasteiger partial charge >= 0.3 is 0 Å². The lowest BCUT2D eigenvalue weighted by Gasteiger charge is -2.15. The van der Waals surface area contributed by atoms with Crippen LogP contribution in [-0.2, 0) is 13.6 Å².